The molecule has 0 saturated carbocycles. The first-order chi connectivity index (χ1) is 14.0. The average Bonchev–Trinajstić information content (AvgIpc) is 3.29. The summed E-state index contributed by atoms with van der Waals surface area (Å²) >= 11 is 0. The Hall–Kier alpha value is -3.87. The van der Waals surface area contributed by atoms with E-state index in [1.165, 1.54) is 12.0 Å². The third-order valence-electron chi connectivity index (χ3n) is 4.77. The largest absolute Gasteiger partial charge is 0.507 e. The molecule has 2 heterocycles. The van der Waals surface area contributed by atoms with Gasteiger partial charge in [0.05, 0.1) is 18.7 Å². The molecule has 1 amide bonds. The Morgan fingerprint density at radius 3 is 2.52 bits per heavy atom. The Morgan fingerprint density at radius 2 is 1.86 bits per heavy atom. The predicted molar refractivity (Wildman–Crippen MR) is 105 cm³/mol. The highest BCUT2D eigenvalue weighted by molar-refractivity contribution is 6.51. The van der Waals surface area contributed by atoms with E-state index in [0.717, 1.165) is 0 Å². The molecule has 1 N–H and O–H groups in total. The first kappa shape index (κ1) is 18.5. The Morgan fingerprint density at radius 1 is 1.10 bits per heavy atom. The van der Waals surface area contributed by atoms with Crippen molar-refractivity contribution >= 4 is 23.3 Å². The first-order valence-electron chi connectivity index (χ1n) is 8.95. The fourth-order valence-corrected chi connectivity index (χ4v) is 3.41. The second-order valence-corrected chi connectivity index (χ2v) is 6.61. The summed E-state index contributed by atoms with van der Waals surface area (Å²) in [5, 5.41) is 14.9. The molecule has 1 aliphatic heterocycles. The normalized spacial score (nSPS) is 18.3. The maximum absolute atomic E-state index is 13.0. The van der Waals surface area contributed by atoms with Crippen molar-refractivity contribution < 1.29 is 24.0 Å². The van der Waals surface area contributed by atoms with Crippen molar-refractivity contribution in [1.29, 1.82) is 0 Å². The van der Waals surface area contributed by atoms with Gasteiger partial charge in [-0.2, -0.15) is 0 Å². The second kappa shape index (κ2) is 7.27. The van der Waals surface area contributed by atoms with E-state index in [2.05, 4.69) is 5.16 Å². The number of hydrogen-bond acceptors (Lipinski definition) is 6. The number of hydrogen-bond donors (Lipinski definition) is 1. The Balaban J connectivity index is 1.93. The molecule has 0 spiro atoms. The third kappa shape index (κ3) is 3.16. The number of benzene rings is 2. The highest BCUT2D eigenvalue weighted by Crippen LogP contribution is 2.42. The van der Waals surface area contributed by atoms with Gasteiger partial charge in [0.15, 0.2) is 5.82 Å². The minimum Gasteiger partial charge on any atom is -0.507 e. The van der Waals surface area contributed by atoms with E-state index < -0.39 is 17.7 Å². The van der Waals surface area contributed by atoms with Crippen LogP contribution in [0.25, 0.3) is 5.76 Å². The number of ketones is 1. The van der Waals surface area contributed by atoms with E-state index in [9.17, 15) is 14.7 Å². The molecule has 0 bridgehead atoms. The van der Waals surface area contributed by atoms with E-state index in [1.54, 1.807) is 61.5 Å². The van der Waals surface area contributed by atoms with Crippen molar-refractivity contribution in [3.63, 3.8) is 0 Å². The lowest BCUT2D eigenvalue weighted by Crippen LogP contribution is -2.29. The number of Topliss-reactive ketones (excluding diaryl/α,β-unsaturated/α-hetero) is 1. The first-order valence-corrected chi connectivity index (χ1v) is 8.95. The van der Waals surface area contributed by atoms with Crippen LogP contribution in [0.15, 0.2) is 70.8 Å². The van der Waals surface area contributed by atoms with Crippen LogP contribution in [0.2, 0.25) is 0 Å². The summed E-state index contributed by atoms with van der Waals surface area (Å²) in [6.07, 6.45) is 0. The summed E-state index contributed by atoms with van der Waals surface area (Å²) in [6.45, 7) is 1.70. The minimum absolute atomic E-state index is 0.0184. The minimum atomic E-state index is -0.841. The maximum Gasteiger partial charge on any atom is 0.301 e. The highest BCUT2D eigenvalue weighted by atomic mass is 16.5. The molecule has 1 fully saturated rings. The average molecular weight is 390 g/mol. The van der Waals surface area contributed by atoms with Gasteiger partial charge in [-0.15, -0.1) is 0 Å². The van der Waals surface area contributed by atoms with Crippen LogP contribution in [0.3, 0.4) is 0 Å². The monoisotopic (exact) mass is 390 g/mol. The van der Waals surface area contributed by atoms with Crippen LogP contribution in [-0.2, 0) is 9.59 Å². The maximum atomic E-state index is 13.0. The molecule has 2 aromatic carbocycles. The van der Waals surface area contributed by atoms with E-state index in [-0.39, 0.29) is 17.2 Å². The Kier molecular flexibility index (Phi) is 4.64. The summed E-state index contributed by atoms with van der Waals surface area (Å²) in [7, 11) is 1.51. The summed E-state index contributed by atoms with van der Waals surface area (Å²) < 4.78 is 10.3. The number of carbonyl (C=O) groups excluding carboxylic acids is 2. The van der Waals surface area contributed by atoms with Gasteiger partial charge >= 0.3 is 5.91 Å². The Bertz CT molecular complexity index is 1120. The number of nitrogens with zero attached hydrogens (tertiary/aromatic N) is 2. The molecule has 1 aliphatic rings. The van der Waals surface area contributed by atoms with Gasteiger partial charge in [0.1, 0.15) is 17.3 Å². The molecular weight excluding hydrogens is 372 g/mol. The molecule has 0 radical (unpaired) electrons. The molecule has 0 aliphatic carbocycles. The number of aliphatic hydroxyl groups excluding tert-OH is 1. The van der Waals surface area contributed by atoms with Crippen molar-refractivity contribution in [3.05, 3.63) is 83.1 Å². The van der Waals surface area contributed by atoms with Crippen molar-refractivity contribution in [3.8, 4) is 5.75 Å². The predicted octanol–water partition coefficient (Wildman–Crippen LogP) is 3.62. The van der Waals surface area contributed by atoms with E-state index in [4.69, 9.17) is 9.26 Å². The molecule has 1 saturated heterocycles. The number of aryl methyl sites for hydroxylation is 1. The lowest BCUT2D eigenvalue weighted by molar-refractivity contribution is -0.132. The molecule has 1 atom stereocenters. The van der Waals surface area contributed by atoms with Crippen LogP contribution in [0.1, 0.15) is 22.9 Å². The van der Waals surface area contributed by atoms with Crippen LogP contribution in [0, 0.1) is 6.92 Å². The lowest BCUT2D eigenvalue weighted by atomic mass is 9.95. The molecular formula is C22H18N2O5. The number of ether oxygens (including phenoxy) is 1. The summed E-state index contributed by atoms with van der Waals surface area (Å²) in [5.41, 5.74) is 1.02. The van der Waals surface area contributed by atoms with Gasteiger partial charge in [0.2, 0.25) is 0 Å². The van der Waals surface area contributed by atoms with Crippen LogP contribution in [0.5, 0.6) is 5.75 Å². The molecule has 7 nitrogen and oxygen atoms in total. The zero-order valence-electron chi connectivity index (χ0n) is 15.8. The molecule has 1 aromatic heterocycles. The smallest absolute Gasteiger partial charge is 0.301 e. The zero-order chi connectivity index (χ0) is 20.5. The SMILES string of the molecule is COc1cccc(C(O)=C2C(=O)C(=O)N(c3cc(C)on3)[C@@H]2c2ccccc2)c1. The van der Waals surface area contributed by atoms with Gasteiger partial charge in [-0.25, -0.2) is 0 Å². The molecule has 4 rings (SSSR count). The van der Waals surface area contributed by atoms with Crippen molar-refractivity contribution in [2.24, 2.45) is 0 Å². The third-order valence-corrected chi connectivity index (χ3v) is 4.77. The zero-order valence-corrected chi connectivity index (χ0v) is 15.8. The van der Waals surface area contributed by atoms with E-state index in [1.807, 2.05) is 6.07 Å². The lowest BCUT2D eigenvalue weighted by Gasteiger charge is -2.22. The number of aliphatic hydroxyl groups is 1. The van der Waals surface area contributed by atoms with E-state index in [0.29, 0.717) is 22.6 Å². The van der Waals surface area contributed by atoms with Gasteiger partial charge in [-0.05, 0) is 24.6 Å². The number of rotatable bonds is 4. The molecule has 0 unspecified atom stereocenters. The van der Waals surface area contributed by atoms with Gasteiger partial charge in [-0.1, -0.05) is 47.6 Å². The summed E-state index contributed by atoms with van der Waals surface area (Å²) in [5.74, 6) is -0.619. The van der Waals surface area contributed by atoms with Gasteiger partial charge < -0.3 is 14.4 Å². The van der Waals surface area contributed by atoms with Crippen LogP contribution >= 0.6 is 0 Å². The van der Waals surface area contributed by atoms with Gasteiger partial charge in [-0.3, -0.25) is 14.5 Å². The number of aromatic nitrogens is 1. The number of anilines is 1. The summed E-state index contributed by atoms with van der Waals surface area (Å²) in [4.78, 5) is 27.1. The van der Waals surface area contributed by atoms with Crippen LogP contribution in [0.4, 0.5) is 5.82 Å². The standard InChI is InChI=1S/C22H18N2O5/c1-13-11-17(23-29-13)24-19(14-7-4-3-5-8-14)18(21(26)22(24)27)20(25)15-9-6-10-16(12-15)28-2/h3-12,19,25H,1-2H3/t19-/m1/s1. The summed E-state index contributed by atoms with van der Waals surface area (Å²) in [6, 6.07) is 16.4. The fourth-order valence-electron chi connectivity index (χ4n) is 3.41. The fraction of sp³-hybridized carbons (Fsp3) is 0.136. The number of methoxy groups -OCH3 is 1. The van der Waals surface area contributed by atoms with Crippen molar-refractivity contribution in [2.45, 2.75) is 13.0 Å². The molecule has 29 heavy (non-hydrogen) atoms. The quantitative estimate of drug-likeness (QED) is 0.416. The van der Waals surface area contributed by atoms with Crippen LogP contribution in [-0.4, -0.2) is 29.1 Å². The topological polar surface area (TPSA) is 92.9 Å². The molecule has 146 valence electrons. The number of carbonyl (C=O) groups is 2. The van der Waals surface area contributed by atoms with Gasteiger partial charge in [0.25, 0.3) is 5.78 Å². The van der Waals surface area contributed by atoms with Crippen LogP contribution < -0.4 is 9.64 Å². The number of amides is 1. The highest BCUT2D eigenvalue weighted by Gasteiger charge is 2.48. The van der Waals surface area contributed by atoms with Crippen molar-refractivity contribution in [1.82, 2.24) is 5.16 Å². The van der Waals surface area contributed by atoms with E-state index >= 15 is 0 Å². The van der Waals surface area contributed by atoms with Crippen molar-refractivity contribution in [2.75, 3.05) is 12.0 Å². The molecule has 3 aromatic rings. The van der Waals surface area contributed by atoms with Gasteiger partial charge in [0, 0.05) is 11.6 Å². The molecule has 7 heteroatoms. The Labute approximate surface area is 166 Å². The second-order valence-electron chi connectivity index (χ2n) is 6.61.